The van der Waals surface area contributed by atoms with E-state index in [1.165, 1.54) is 0 Å². The van der Waals surface area contributed by atoms with Gasteiger partial charge in [0.1, 0.15) is 5.75 Å². The van der Waals surface area contributed by atoms with Crippen LogP contribution in [0.4, 0.5) is 11.4 Å². The van der Waals surface area contributed by atoms with Crippen molar-refractivity contribution in [3.05, 3.63) is 53.6 Å². The van der Waals surface area contributed by atoms with Gasteiger partial charge in [-0.1, -0.05) is 18.2 Å². The number of hydrogen-bond acceptors (Lipinski definition) is 4. The number of hydrogen-bond donors (Lipinski definition) is 2. The summed E-state index contributed by atoms with van der Waals surface area (Å²) in [6.07, 6.45) is 0. The Hall–Kier alpha value is -2.21. The van der Waals surface area contributed by atoms with Gasteiger partial charge in [0, 0.05) is 11.3 Å². The molecular weight excluding hydrogens is 324 g/mol. The Labute approximate surface area is 144 Å². The first kappa shape index (κ1) is 18.1. The summed E-state index contributed by atoms with van der Waals surface area (Å²) in [6.45, 7) is 5.55. The van der Waals surface area contributed by atoms with E-state index in [-0.39, 0.29) is 11.8 Å². The molecule has 2 rings (SSSR count). The van der Waals surface area contributed by atoms with Crippen molar-refractivity contribution in [1.82, 2.24) is 0 Å². The second-order valence-electron chi connectivity index (χ2n) is 5.64. The largest absolute Gasteiger partial charge is 0.496 e. The Morgan fingerprint density at radius 2 is 1.88 bits per heavy atom. The van der Waals surface area contributed by atoms with Gasteiger partial charge in [-0.25, -0.2) is 8.42 Å². The van der Waals surface area contributed by atoms with E-state index in [1.807, 2.05) is 43.3 Å². The van der Waals surface area contributed by atoms with E-state index in [0.717, 1.165) is 22.6 Å². The lowest BCUT2D eigenvalue weighted by Gasteiger charge is -2.19. The van der Waals surface area contributed by atoms with Crippen LogP contribution in [-0.2, 0) is 10.0 Å². The number of sulfonamides is 1. The first-order valence-corrected chi connectivity index (χ1v) is 9.52. The monoisotopic (exact) mass is 348 g/mol. The molecule has 0 aliphatic rings. The van der Waals surface area contributed by atoms with Crippen molar-refractivity contribution in [2.24, 2.45) is 0 Å². The van der Waals surface area contributed by atoms with Crippen LogP contribution in [0.5, 0.6) is 5.75 Å². The molecule has 0 fully saturated rings. The molecular formula is C18H24N2O3S. The molecule has 0 aliphatic carbocycles. The number of anilines is 2. The molecule has 0 unspecified atom stereocenters. The topological polar surface area (TPSA) is 67.4 Å². The number of aryl methyl sites for hydroxylation is 1. The molecule has 0 saturated carbocycles. The molecule has 0 radical (unpaired) electrons. The van der Waals surface area contributed by atoms with Gasteiger partial charge in [0.05, 0.1) is 24.6 Å². The minimum Gasteiger partial charge on any atom is -0.496 e. The van der Waals surface area contributed by atoms with Crippen molar-refractivity contribution in [3.8, 4) is 5.75 Å². The van der Waals surface area contributed by atoms with Gasteiger partial charge >= 0.3 is 0 Å². The maximum absolute atomic E-state index is 11.7. The fourth-order valence-corrected chi connectivity index (χ4v) is 3.17. The van der Waals surface area contributed by atoms with Gasteiger partial charge in [0.15, 0.2) is 0 Å². The molecule has 0 heterocycles. The molecule has 0 spiro atoms. The predicted octanol–water partition coefficient (Wildman–Crippen LogP) is 3.94. The van der Waals surface area contributed by atoms with Gasteiger partial charge in [0.2, 0.25) is 10.0 Å². The van der Waals surface area contributed by atoms with Crippen LogP contribution in [0.3, 0.4) is 0 Å². The molecule has 0 aromatic heterocycles. The molecule has 2 N–H and O–H groups in total. The van der Waals surface area contributed by atoms with Crippen molar-refractivity contribution >= 4 is 21.4 Å². The summed E-state index contributed by atoms with van der Waals surface area (Å²) in [5, 5.41) is 3.42. The summed E-state index contributed by atoms with van der Waals surface area (Å²) in [5.74, 6) is 0.888. The van der Waals surface area contributed by atoms with E-state index in [9.17, 15) is 8.42 Å². The lowest BCUT2D eigenvalue weighted by atomic mass is 10.1. The highest BCUT2D eigenvalue weighted by Crippen LogP contribution is 2.29. The number of ether oxygens (including phenoxy) is 1. The van der Waals surface area contributed by atoms with Crippen LogP contribution in [-0.4, -0.2) is 21.3 Å². The average Bonchev–Trinajstić information content (AvgIpc) is 2.57. The zero-order valence-corrected chi connectivity index (χ0v) is 15.3. The normalized spacial score (nSPS) is 12.5. The molecule has 130 valence electrons. The van der Waals surface area contributed by atoms with Gasteiger partial charge in [-0.15, -0.1) is 0 Å². The van der Waals surface area contributed by atoms with Crippen molar-refractivity contribution in [2.75, 3.05) is 22.9 Å². The van der Waals surface area contributed by atoms with Gasteiger partial charge in [0.25, 0.3) is 0 Å². The summed E-state index contributed by atoms with van der Waals surface area (Å²) < 4.78 is 31.4. The third kappa shape index (κ3) is 4.41. The lowest BCUT2D eigenvalue weighted by molar-refractivity contribution is 0.408. The second kappa shape index (κ2) is 7.57. The summed E-state index contributed by atoms with van der Waals surface area (Å²) in [5.41, 5.74) is 3.45. The van der Waals surface area contributed by atoms with E-state index >= 15 is 0 Å². The first-order valence-electron chi connectivity index (χ1n) is 7.87. The Morgan fingerprint density at radius 1 is 1.17 bits per heavy atom. The fourth-order valence-electron chi connectivity index (χ4n) is 2.46. The summed E-state index contributed by atoms with van der Waals surface area (Å²) in [7, 11) is -1.61. The maximum Gasteiger partial charge on any atom is 0.232 e. The molecule has 2 aromatic carbocycles. The summed E-state index contributed by atoms with van der Waals surface area (Å²) in [4.78, 5) is 0. The van der Waals surface area contributed by atoms with Crippen LogP contribution in [0.2, 0.25) is 0 Å². The van der Waals surface area contributed by atoms with E-state index < -0.39 is 10.0 Å². The van der Waals surface area contributed by atoms with E-state index in [0.29, 0.717) is 5.69 Å². The number of rotatable bonds is 7. The highest BCUT2D eigenvalue weighted by molar-refractivity contribution is 7.92. The van der Waals surface area contributed by atoms with E-state index in [2.05, 4.69) is 17.0 Å². The number of nitrogens with one attached hydrogen (secondary N) is 2. The molecule has 5 nitrogen and oxygen atoms in total. The molecule has 24 heavy (non-hydrogen) atoms. The molecule has 0 saturated heterocycles. The molecule has 0 amide bonds. The van der Waals surface area contributed by atoms with Crippen LogP contribution >= 0.6 is 0 Å². The molecule has 1 atom stereocenters. The van der Waals surface area contributed by atoms with Crippen LogP contribution < -0.4 is 14.8 Å². The highest BCUT2D eigenvalue weighted by atomic mass is 32.2. The van der Waals surface area contributed by atoms with Gasteiger partial charge in [-0.3, -0.25) is 4.72 Å². The number of benzene rings is 2. The molecule has 0 bridgehead atoms. The maximum atomic E-state index is 11.7. The van der Waals surface area contributed by atoms with E-state index in [4.69, 9.17) is 4.74 Å². The van der Waals surface area contributed by atoms with Crippen molar-refractivity contribution < 1.29 is 13.2 Å². The Bertz CT molecular complexity index is 804. The second-order valence-corrected chi connectivity index (χ2v) is 7.65. The van der Waals surface area contributed by atoms with Crippen LogP contribution in [0, 0.1) is 6.92 Å². The van der Waals surface area contributed by atoms with Crippen LogP contribution in [0.15, 0.2) is 42.5 Å². The van der Waals surface area contributed by atoms with Gasteiger partial charge in [-0.2, -0.15) is 0 Å². The van der Waals surface area contributed by atoms with Gasteiger partial charge < -0.3 is 10.1 Å². The van der Waals surface area contributed by atoms with Crippen LogP contribution in [0.1, 0.15) is 31.0 Å². The highest BCUT2D eigenvalue weighted by Gasteiger charge is 2.12. The Kier molecular flexibility index (Phi) is 5.72. The predicted molar refractivity (Wildman–Crippen MR) is 99.3 cm³/mol. The van der Waals surface area contributed by atoms with Crippen molar-refractivity contribution in [1.29, 1.82) is 0 Å². The Morgan fingerprint density at radius 3 is 2.50 bits per heavy atom. The van der Waals surface area contributed by atoms with Crippen molar-refractivity contribution in [3.63, 3.8) is 0 Å². The van der Waals surface area contributed by atoms with Crippen molar-refractivity contribution in [2.45, 2.75) is 26.8 Å². The first-order chi connectivity index (χ1) is 11.4. The number of methoxy groups -OCH3 is 1. The standard InChI is InChI=1S/C18H24N2O3S/c1-5-24(21,22)20-17-11-10-15(12-13(17)2)19-14(3)16-8-6-7-9-18(16)23-4/h6-12,14,19-20H,5H2,1-4H3/t14-/m1/s1. The molecule has 6 heteroatoms. The zero-order valence-electron chi connectivity index (χ0n) is 14.5. The quantitative estimate of drug-likeness (QED) is 0.795. The van der Waals surface area contributed by atoms with Crippen LogP contribution in [0.25, 0.3) is 0 Å². The summed E-state index contributed by atoms with van der Waals surface area (Å²) >= 11 is 0. The number of para-hydroxylation sites is 1. The third-order valence-electron chi connectivity index (χ3n) is 3.86. The molecule has 2 aromatic rings. The Balaban J connectivity index is 2.17. The van der Waals surface area contributed by atoms with E-state index in [1.54, 1.807) is 20.1 Å². The molecule has 0 aliphatic heterocycles. The minimum absolute atomic E-state index is 0.0529. The zero-order chi connectivity index (χ0) is 17.7. The third-order valence-corrected chi connectivity index (χ3v) is 5.15. The lowest BCUT2D eigenvalue weighted by Crippen LogP contribution is -2.15. The summed E-state index contributed by atoms with van der Waals surface area (Å²) in [6, 6.07) is 13.5. The average molecular weight is 348 g/mol. The SMILES string of the molecule is CCS(=O)(=O)Nc1ccc(N[C@H](C)c2ccccc2OC)cc1C. The minimum atomic E-state index is -3.27. The smallest absolute Gasteiger partial charge is 0.232 e. The fraction of sp³-hybridized carbons (Fsp3) is 0.333. The van der Waals surface area contributed by atoms with Gasteiger partial charge in [-0.05, 0) is 50.6 Å².